The average molecular weight is 283 g/mol. The highest BCUT2D eigenvalue weighted by Crippen LogP contribution is 2.37. The lowest BCUT2D eigenvalue weighted by molar-refractivity contribution is 0.231. The molecule has 2 atom stereocenters. The Kier molecular flexibility index (Phi) is 5.81. The second kappa shape index (κ2) is 7.61. The third-order valence-electron chi connectivity index (χ3n) is 4.63. The predicted octanol–water partition coefficient (Wildman–Crippen LogP) is 5.14. The topological polar surface area (TPSA) is 3.24 Å². The Morgan fingerprint density at radius 3 is 2.48 bits per heavy atom. The fraction of sp³-hybridized carbons (Fsp3) is 0.500. The van der Waals surface area contributed by atoms with Gasteiger partial charge in [-0.05, 0) is 49.8 Å². The monoisotopic (exact) mass is 283 g/mol. The van der Waals surface area contributed by atoms with E-state index in [4.69, 9.17) is 0 Å². The minimum Gasteiger partial charge on any atom is -0.302 e. The van der Waals surface area contributed by atoms with E-state index in [0.717, 1.165) is 18.4 Å². The molecule has 1 saturated carbocycles. The van der Waals surface area contributed by atoms with Crippen molar-refractivity contribution in [3.05, 3.63) is 53.6 Å². The summed E-state index contributed by atoms with van der Waals surface area (Å²) in [5, 5.41) is 0. The molecule has 0 aliphatic heterocycles. The number of rotatable bonds is 6. The summed E-state index contributed by atoms with van der Waals surface area (Å²) >= 11 is 0. The molecule has 21 heavy (non-hydrogen) atoms. The molecule has 0 saturated heterocycles. The van der Waals surface area contributed by atoms with E-state index in [-0.39, 0.29) is 0 Å². The molecule has 0 heterocycles. The van der Waals surface area contributed by atoms with Crippen LogP contribution in [0, 0.1) is 11.8 Å². The maximum absolute atomic E-state index is 4.20. The molecule has 1 fully saturated rings. The SMILES string of the molecule is C=C1CC(CC)C(CN(C)Cc2ccc(/C=C/C)cc2)C1. The van der Waals surface area contributed by atoms with E-state index < -0.39 is 0 Å². The molecule has 114 valence electrons. The maximum Gasteiger partial charge on any atom is 0.0230 e. The van der Waals surface area contributed by atoms with Gasteiger partial charge in [-0.2, -0.15) is 0 Å². The summed E-state index contributed by atoms with van der Waals surface area (Å²) in [6, 6.07) is 8.90. The first kappa shape index (κ1) is 16.0. The van der Waals surface area contributed by atoms with E-state index in [9.17, 15) is 0 Å². The van der Waals surface area contributed by atoms with Crippen LogP contribution in [0.25, 0.3) is 6.08 Å². The smallest absolute Gasteiger partial charge is 0.0230 e. The lowest BCUT2D eigenvalue weighted by Crippen LogP contribution is -2.27. The van der Waals surface area contributed by atoms with Crippen molar-refractivity contribution in [1.82, 2.24) is 4.90 Å². The molecule has 0 radical (unpaired) electrons. The maximum atomic E-state index is 4.20. The molecule has 0 aromatic heterocycles. The molecule has 0 spiro atoms. The van der Waals surface area contributed by atoms with Crippen molar-refractivity contribution in [2.24, 2.45) is 11.8 Å². The van der Waals surface area contributed by atoms with Gasteiger partial charge in [-0.25, -0.2) is 0 Å². The first-order chi connectivity index (χ1) is 10.1. The van der Waals surface area contributed by atoms with E-state index in [1.807, 2.05) is 0 Å². The van der Waals surface area contributed by atoms with Gasteiger partial charge in [-0.3, -0.25) is 0 Å². The number of allylic oxidation sites excluding steroid dienone is 2. The molecule has 2 rings (SSSR count). The van der Waals surface area contributed by atoms with Crippen LogP contribution < -0.4 is 0 Å². The minimum atomic E-state index is 0.801. The van der Waals surface area contributed by atoms with Gasteiger partial charge in [0.15, 0.2) is 0 Å². The summed E-state index contributed by atoms with van der Waals surface area (Å²) in [4.78, 5) is 2.47. The summed E-state index contributed by atoms with van der Waals surface area (Å²) in [7, 11) is 2.24. The second-order valence-electron chi connectivity index (χ2n) is 6.52. The van der Waals surface area contributed by atoms with Gasteiger partial charge in [0, 0.05) is 13.1 Å². The highest BCUT2D eigenvalue weighted by molar-refractivity contribution is 5.49. The molecule has 1 aromatic carbocycles. The van der Waals surface area contributed by atoms with E-state index in [1.54, 1.807) is 0 Å². The van der Waals surface area contributed by atoms with Gasteiger partial charge < -0.3 is 4.90 Å². The summed E-state index contributed by atoms with van der Waals surface area (Å²) in [5.41, 5.74) is 4.13. The van der Waals surface area contributed by atoms with E-state index >= 15 is 0 Å². The molecule has 1 aromatic rings. The Balaban J connectivity index is 1.89. The van der Waals surface area contributed by atoms with Gasteiger partial charge in [0.25, 0.3) is 0 Å². The van der Waals surface area contributed by atoms with Crippen molar-refractivity contribution in [2.45, 2.75) is 39.7 Å². The highest BCUT2D eigenvalue weighted by atomic mass is 15.1. The van der Waals surface area contributed by atoms with Gasteiger partial charge in [0.2, 0.25) is 0 Å². The van der Waals surface area contributed by atoms with Crippen molar-refractivity contribution >= 4 is 6.08 Å². The Bertz CT molecular complexity index is 483. The zero-order chi connectivity index (χ0) is 15.2. The van der Waals surface area contributed by atoms with Crippen molar-refractivity contribution < 1.29 is 0 Å². The Morgan fingerprint density at radius 1 is 1.19 bits per heavy atom. The average Bonchev–Trinajstić information content (AvgIpc) is 2.81. The van der Waals surface area contributed by atoms with Gasteiger partial charge in [-0.15, -0.1) is 0 Å². The molecule has 0 N–H and O–H groups in total. The van der Waals surface area contributed by atoms with Crippen LogP contribution in [0.3, 0.4) is 0 Å². The fourth-order valence-corrected chi connectivity index (χ4v) is 3.55. The molecule has 1 aliphatic carbocycles. The quantitative estimate of drug-likeness (QED) is 0.653. The summed E-state index contributed by atoms with van der Waals surface area (Å²) < 4.78 is 0. The van der Waals surface area contributed by atoms with Crippen LogP contribution >= 0.6 is 0 Å². The largest absolute Gasteiger partial charge is 0.302 e. The van der Waals surface area contributed by atoms with Crippen LogP contribution in [-0.2, 0) is 6.54 Å². The fourth-order valence-electron chi connectivity index (χ4n) is 3.55. The molecule has 1 nitrogen and oxygen atoms in total. The van der Waals surface area contributed by atoms with Crippen molar-refractivity contribution in [2.75, 3.05) is 13.6 Å². The molecule has 1 aliphatic rings. The molecule has 1 heteroatoms. The lowest BCUT2D eigenvalue weighted by Gasteiger charge is -2.24. The summed E-state index contributed by atoms with van der Waals surface area (Å²) in [6.45, 7) is 10.8. The highest BCUT2D eigenvalue weighted by Gasteiger charge is 2.28. The lowest BCUT2D eigenvalue weighted by atomic mass is 9.93. The predicted molar refractivity (Wildman–Crippen MR) is 93.1 cm³/mol. The van der Waals surface area contributed by atoms with Gasteiger partial charge >= 0.3 is 0 Å². The van der Waals surface area contributed by atoms with E-state index in [0.29, 0.717) is 0 Å². The number of hydrogen-bond donors (Lipinski definition) is 0. The van der Waals surface area contributed by atoms with Crippen LogP contribution in [-0.4, -0.2) is 18.5 Å². The van der Waals surface area contributed by atoms with Gasteiger partial charge in [0.05, 0.1) is 0 Å². The number of hydrogen-bond acceptors (Lipinski definition) is 1. The normalized spacial score (nSPS) is 22.6. The van der Waals surface area contributed by atoms with Crippen LogP contribution in [0.4, 0.5) is 0 Å². The number of nitrogens with zero attached hydrogens (tertiary/aromatic N) is 1. The van der Waals surface area contributed by atoms with Crippen molar-refractivity contribution in [3.63, 3.8) is 0 Å². The van der Waals surface area contributed by atoms with E-state index in [2.05, 4.69) is 68.8 Å². The summed E-state index contributed by atoms with van der Waals surface area (Å²) in [6.07, 6.45) is 7.98. The Hall–Kier alpha value is -1.34. The van der Waals surface area contributed by atoms with Crippen LogP contribution in [0.5, 0.6) is 0 Å². The second-order valence-corrected chi connectivity index (χ2v) is 6.52. The van der Waals surface area contributed by atoms with Crippen molar-refractivity contribution in [1.29, 1.82) is 0 Å². The zero-order valence-corrected chi connectivity index (χ0v) is 13.8. The molecule has 2 unspecified atom stereocenters. The standard InChI is InChI=1S/C20H29N/c1-5-7-17-8-10-18(11-9-17)14-21(4)15-20-13-16(3)12-19(20)6-2/h5,7-11,19-20H,3,6,12-15H2,1-2,4H3/b7-5+. The van der Waals surface area contributed by atoms with Crippen molar-refractivity contribution in [3.8, 4) is 0 Å². The van der Waals surface area contributed by atoms with Gasteiger partial charge in [-0.1, -0.05) is 61.9 Å². The van der Waals surface area contributed by atoms with Crippen LogP contribution in [0.15, 0.2) is 42.5 Å². The summed E-state index contributed by atoms with van der Waals surface area (Å²) in [5.74, 6) is 1.65. The first-order valence-corrected chi connectivity index (χ1v) is 8.19. The van der Waals surface area contributed by atoms with Crippen LogP contribution in [0.2, 0.25) is 0 Å². The Labute approximate surface area is 130 Å². The third kappa shape index (κ3) is 4.57. The molecular formula is C20H29N. The zero-order valence-electron chi connectivity index (χ0n) is 13.8. The third-order valence-corrected chi connectivity index (χ3v) is 4.63. The van der Waals surface area contributed by atoms with Gasteiger partial charge in [0.1, 0.15) is 0 Å². The van der Waals surface area contributed by atoms with Crippen LogP contribution in [0.1, 0.15) is 44.2 Å². The minimum absolute atomic E-state index is 0.801. The molecular weight excluding hydrogens is 254 g/mol. The number of benzene rings is 1. The molecule has 0 bridgehead atoms. The van der Waals surface area contributed by atoms with E-state index in [1.165, 1.54) is 42.5 Å². The first-order valence-electron chi connectivity index (χ1n) is 8.19. The Morgan fingerprint density at radius 2 is 1.86 bits per heavy atom. The molecule has 0 amide bonds.